The second-order valence-electron chi connectivity index (χ2n) is 9.18. The van der Waals surface area contributed by atoms with Crippen LogP contribution in [0.1, 0.15) is 40.3 Å². The van der Waals surface area contributed by atoms with Gasteiger partial charge in [-0.05, 0) is 42.7 Å². The van der Waals surface area contributed by atoms with Crippen LogP contribution in [-0.4, -0.2) is 30.3 Å². The van der Waals surface area contributed by atoms with Gasteiger partial charge in [-0.15, -0.1) is 5.10 Å². The molecule has 0 radical (unpaired) electrons. The van der Waals surface area contributed by atoms with Gasteiger partial charge in [0.25, 0.3) is 5.91 Å². The van der Waals surface area contributed by atoms with Crippen LogP contribution in [0.3, 0.4) is 0 Å². The lowest BCUT2D eigenvalue weighted by molar-refractivity contribution is 0.0938. The average molecular weight is 530 g/mol. The quantitative estimate of drug-likeness (QED) is 0.333. The molecule has 4 aromatic heterocycles. The highest BCUT2D eigenvalue weighted by atomic mass is 16.3. The maximum Gasteiger partial charge on any atom is 0.259 e. The average Bonchev–Trinajstić information content (AvgIpc) is 3.53. The molecular formula is C30H23N7O3. The van der Waals surface area contributed by atoms with Crippen molar-refractivity contribution in [2.45, 2.75) is 13.0 Å². The third kappa shape index (κ3) is 4.35. The van der Waals surface area contributed by atoms with Gasteiger partial charge in [0.1, 0.15) is 22.6 Å². The van der Waals surface area contributed by atoms with E-state index in [0.29, 0.717) is 44.8 Å². The normalized spacial score (nSPS) is 11.8. The number of carbonyl (C=O) groups excluding carboxylic acids is 1. The predicted octanol–water partition coefficient (Wildman–Crippen LogP) is 3.71. The lowest BCUT2D eigenvalue weighted by atomic mass is 9.97. The number of aromatic nitrogens is 5. The summed E-state index contributed by atoms with van der Waals surface area (Å²) in [6.07, 6.45) is 5.01. The third-order valence-electron chi connectivity index (χ3n) is 6.44. The molecule has 0 aliphatic heterocycles. The molecule has 0 spiro atoms. The summed E-state index contributed by atoms with van der Waals surface area (Å²) >= 11 is 0. The van der Waals surface area contributed by atoms with Gasteiger partial charge in [0, 0.05) is 31.2 Å². The molecular weight excluding hydrogens is 506 g/mol. The number of nitrogens with two attached hydrogens (primary N) is 1. The van der Waals surface area contributed by atoms with Crippen molar-refractivity contribution in [1.29, 1.82) is 0 Å². The second kappa shape index (κ2) is 9.89. The molecule has 0 fully saturated rings. The molecule has 10 heteroatoms. The monoisotopic (exact) mass is 529 g/mol. The van der Waals surface area contributed by atoms with Gasteiger partial charge in [0.05, 0.1) is 17.0 Å². The van der Waals surface area contributed by atoms with Crippen molar-refractivity contribution >= 4 is 28.3 Å². The summed E-state index contributed by atoms with van der Waals surface area (Å²) in [7, 11) is 1.81. The standard InChI is InChI=1S/C30H23N7O3/c1-18(33-30(39)25-28(31)35-37-16-7-15-32-29(25)37)27-24(19-8-4-3-5-9-19)26(38)23-20(10-6-11-22(23)40-27)12-13-21-14-17-36(2)34-21/h3-11,14-18H,1-2H3,(H2,31,35)(H,33,39)/t18-/m1/s1. The van der Waals surface area contributed by atoms with Crippen LogP contribution >= 0.6 is 0 Å². The topological polar surface area (TPSA) is 133 Å². The Morgan fingerprint density at radius 2 is 1.85 bits per heavy atom. The molecule has 0 unspecified atom stereocenters. The molecule has 10 nitrogen and oxygen atoms in total. The number of hydrogen-bond acceptors (Lipinski definition) is 7. The summed E-state index contributed by atoms with van der Waals surface area (Å²) in [6, 6.07) is 17.2. The van der Waals surface area contributed by atoms with Gasteiger partial charge < -0.3 is 15.5 Å². The third-order valence-corrected chi connectivity index (χ3v) is 6.44. The van der Waals surface area contributed by atoms with Gasteiger partial charge in [-0.3, -0.25) is 14.3 Å². The molecule has 2 aromatic carbocycles. The fourth-order valence-electron chi connectivity index (χ4n) is 4.61. The number of benzene rings is 2. The minimum atomic E-state index is -0.707. The minimum Gasteiger partial charge on any atom is -0.458 e. The summed E-state index contributed by atoms with van der Waals surface area (Å²) in [5.74, 6) is 5.94. The van der Waals surface area contributed by atoms with Gasteiger partial charge in [0.15, 0.2) is 11.5 Å². The van der Waals surface area contributed by atoms with Gasteiger partial charge >= 0.3 is 0 Å². The van der Waals surface area contributed by atoms with Crippen LogP contribution in [0.2, 0.25) is 0 Å². The van der Waals surface area contributed by atoms with Crippen molar-refractivity contribution in [3.63, 3.8) is 0 Å². The van der Waals surface area contributed by atoms with Crippen molar-refractivity contribution in [2.75, 3.05) is 5.73 Å². The first-order chi connectivity index (χ1) is 19.4. The zero-order valence-corrected chi connectivity index (χ0v) is 21.6. The molecule has 0 bridgehead atoms. The van der Waals surface area contributed by atoms with Crippen molar-refractivity contribution in [3.8, 4) is 23.0 Å². The molecule has 3 N–H and O–H groups in total. The lowest BCUT2D eigenvalue weighted by Gasteiger charge is -2.18. The fourth-order valence-corrected chi connectivity index (χ4v) is 4.61. The number of rotatable bonds is 4. The number of fused-ring (bicyclic) bond motifs is 2. The van der Waals surface area contributed by atoms with Crippen LogP contribution in [0.25, 0.3) is 27.7 Å². The number of carbonyl (C=O) groups is 1. The van der Waals surface area contributed by atoms with Crippen LogP contribution in [0.4, 0.5) is 5.82 Å². The summed E-state index contributed by atoms with van der Waals surface area (Å²) in [4.78, 5) is 31.7. The minimum absolute atomic E-state index is 0.0442. The first-order valence-electron chi connectivity index (χ1n) is 12.5. The maximum atomic E-state index is 14.1. The molecule has 196 valence electrons. The number of aryl methyl sites for hydroxylation is 1. The Morgan fingerprint density at radius 1 is 1.02 bits per heavy atom. The summed E-state index contributed by atoms with van der Waals surface area (Å²) in [5.41, 5.74) is 8.70. The van der Waals surface area contributed by atoms with E-state index < -0.39 is 11.9 Å². The van der Waals surface area contributed by atoms with Gasteiger partial charge in [0.2, 0.25) is 5.43 Å². The Kier molecular flexibility index (Phi) is 6.09. The fraction of sp³-hybridized carbons (Fsp3) is 0.100. The predicted molar refractivity (Wildman–Crippen MR) is 150 cm³/mol. The molecule has 0 saturated carbocycles. The smallest absolute Gasteiger partial charge is 0.259 e. The van der Waals surface area contributed by atoms with E-state index in [2.05, 4.69) is 32.3 Å². The van der Waals surface area contributed by atoms with Crippen LogP contribution in [0.5, 0.6) is 0 Å². The van der Waals surface area contributed by atoms with E-state index in [0.717, 1.165) is 0 Å². The molecule has 6 aromatic rings. The van der Waals surface area contributed by atoms with E-state index >= 15 is 0 Å². The number of nitrogen functional groups attached to an aromatic ring is 1. The van der Waals surface area contributed by atoms with Crippen LogP contribution < -0.4 is 16.5 Å². The highest BCUT2D eigenvalue weighted by Crippen LogP contribution is 2.30. The Hall–Kier alpha value is -5.69. The van der Waals surface area contributed by atoms with E-state index in [4.69, 9.17) is 10.2 Å². The molecule has 1 atom stereocenters. The first-order valence-corrected chi connectivity index (χ1v) is 12.5. The van der Waals surface area contributed by atoms with E-state index in [1.165, 1.54) is 4.52 Å². The van der Waals surface area contributed by atoms with E-state index in [-0.39, 0.29) is 16.8 Å². The Labute approximate surface area is 228 Å². The SMILES string of the molecule is C[C@@H](NC(=O)c1c(N)nn2cccnc12)c1oc2cccc(C#Cc3ccn(C)n3)c2c(=O)c1-c1ccccc1. The Morgan fingerprint density at radius 3 is 2.62 bits per heavy atom. The Bertz CT molecular complexity index is 2030. The molecule has 0 aliphatic rings. The highest BCUT2D eigenvalue weighted by molar-refractivity contribution is 6.04. The largest absolute Gasteiger partial charge is 0.458 e. The zero-order chi connectivity index (χ0) is 27.8. The lowest BCUT2D eigenvalue weighted by Crippen LogP contribution is -2.28. The number of anilines is 1. The van der Waals surface area contributed by atoms with Crippen LogP contribution in [0.15, 0.2) is 88.5 Å². The number of nitrogens with zero attached hydrogens (tertiary/aromatic N) is 5. The number of nitrogens with one attached hydrogen (secondary N) is 1. The molecule has 0 aliphatic carbocycles. The molecule has 6 rings (SSSR count). The Balaban J connectivity index is 1.48. The van der Waals surface area contributed by atoms with Gasteiger partial charge in [-0.2, -0.15) is 5.10 Å². The number of hydrogen-bond donors (Lipinski definition) is 2. The zero-order valence-electron chi connectivity index (χ0n) is 21.6. The van der Waals surface area contributed by atoms with Crippen molar-refractivity contribution < 1.29 is 9.21 Å². The van der Waals surface area contributed by atoms with Gasteiger partial charge in [-0.1, -0.05) is 42.3 Å². The molecule has 0 saturated heterocycles. The summed E-state index contributed by atoms with van der Waals surface area (Å²) < 4.78 is 9.45. The van der Waals surface area contributed by atoms with Crippen LogP contribution in [-0.2, 0) is 7.05 Å². The molecule has 40 heavy (non-hydrogen) atoms. The van der Waals surface area contributed by atoms with E-state index in [9.17, 15) is 9.59 Å². The van der Waals surface area contributed by atoms with Crippen LogP contribution in [0, 0.1) is 11.8 Å². The van der Waals surface area contributed by atoms with Crippen molar-refractivity contribution in [1.82, 2.24) is 29.7 Å². The number of amides is 1. The van der Waals surface area contributed by atoms with E-state index in [1.807, 2.05) is 37.4 Å². The first kappa shape index (κ1) is 24.6. The maximum absolute atomic E-state index is 14.1. The summed E-state index contributed by atoms with van der Waals surface area (Å²) in [5, 5.41) is 11.7. The second-order valence-corrected chi connectivity index (χ2v) is 9.18. The highest BCUT2D eigenvalue weighted by Gasteiger charge is 2.26. The summed E-state index contributed by atoms with van der Waals surface area (Å²) in [6.45, 7) is 1.74. The molecule has 4 heterocycles. The van der Waals surface area contributed by atoms with Crippen molar-refractivity contribution in [2.24, 2.45) is 7.05 Å². The van der Waals surface area contributed by atoms with E-state index in [1.54, 1.807) is 60.5 Å². The van der Waals surface area contributed by atoms with Gasteiger partial charge in [-0.25, -0.2) is 9.50 Å². The van der Waals surface area contributed by atoms with Crippen molar-refractivity contribution in [3.05, 3.63) is 112 Å². The molecule has 1 amide bonds.